The highest BCUT2D eigenvalue weighted by Crippen LogP contribution is 2.23. The maximum absolute atomic E-state index is 12.8. The van der Waals surface area contributed by atoms with Gasteiger partial charge in [0.1, 0.15) is 6.04 Å². The zero-order chi connectivity index (χ0) is 21.5. The van der Waals surface area contributed by atoms with E-state index in [4.69, 9.17) is 23.2 Å². The van der Waals surface area contributed by atoms with E-state index in [0.717, 1.165) is 31.6 Å². The molecule has 1 aromatic carbocycles. The molecule has 1 atom stereocenters. The SMILES string of the molecule is O=C1[C@@H](CO)N(C(=O)C=Cc2ccc(Cl)c(Cl)c2)CCN1CCCN1CCCCC1. The monoisotopic (exact) mass is 453 g/mol. The number of carbonyl (C=O) groups excluding carboxylic acids is 2. The van der Waals surface area contributed by atoms with Crippen LogP contribution in [-0.2, 0) is 9.59 Å². The van der Waals surface area contributed by atoms with Crippen LogP contribution < -0.4 is 0 Å². The van der Waals surface area contributed by atoms with Crippen molar-refractivity contribution < 1.29 is 14.7 Å². The van der Waals surface area contributed by atoms with Gasteiger partial charge in [-0.1, -0.05) is 35.7 Å². The number of rotatable bonds is 7. The molecule has 2 amide bonds. The van der Waals surface area contributed by atoms with Gasteiger partial charge in [0.15, 0.2) is 0 Å². The highest BCUT2D eigenvalue weighted by atomic mass is 35.5. The van der Waals surface area contributed by atoms with Gasteiger partial charge in [0, 0.05) is 25.7 Å². The lowest BCUT2D eigenvalue weighted by Gasteiger charge is -2.39. The zero-order valence-corrected chi connectivity index (χ0v) is 18.6. The second kappa shape index (κ2) is 11.1. The fourth-order valence-electron chi connectivity index (χ4n) is 4.05. The normalized spacial score (nSPS) is 20.9. The lowest BCUT2D eigenvalue weighted by molar-refractivity contribution is -0.151. The van der Waals surface area contributed by atoms with Crippen molar-refractivity contribution in [3.63, 3.8) is 0 Å². The molecule has 0 radical (unpaired) electrons. The average molecular weight is 454 g/mol. The second-order valence-electron chi connectivity index (χ2n) is 7.82. The Balaban J connectivity index is 1.54. The lowest BCUT2D eigenvalue weighted by Crippen LogP contribution is -2.60. The zero-order valence-electron chi connectivity index (χ0n) is 17.1. The fraction of sp³-hybridized carbons (Fsp3) is 0.545. The Kier molecular flexibility index (Phi) is 8.57. The van der Waals surface area contributed by atoms with Crippen molar-refractivity contribution in [1.82, 2.24) is 14.7 Å². The molecule has 0 spiro atoms. The number of nitrogens with zero attached hydrogens (tertiary/aromatic N) is 3. The molecule has 8 heteroatoms. The summed E-state index contributed by atoms with van der Waals surface area (Å²) in [7, 11) is 0. The Hall–Kier alpha value is -1.60. The minimum Gasteiger partial charge on any atom is -0.394 e. The molecule has 2 fully saturated rings. The van der Waals surface area contributed by atoms with E-state index < -0.39 is 6.04 Å². The molecule has 0 bridgehead atoms. The summed E-state index contributed by atoms with van der Waals surface area (Å²) < 4.78 is 0. The average Bonchev–Trinajstić information content (AvgIpc) is 2.76. The first-order valence-corrected chi connectivity index (χ1v) is 11.3. The predicted molar refractivity (Wildman–Crippen MR) is 120 cm³/mol. The third kappa shape index (κ3) is 5.97. The van der Waals surface area contributed by atoms with E-state index in [1.807, 2.05) is 0 Å². The number of likely N-dealkylation sites (tertiary alicyclic amines) is 1. The third-order valence-electron chi connectivity index (χ3n) is 5.75. The maximum atomic E-state index is 12.8. The van der Waals surface area contributed by atoms with Gasteiger partial charge in [0.25, 0.3) is 0 Å². The van der Waals surface area contributed by atoms with E-state index >= 15 is 0 Å². The smallest absolute Gasteiger partial charge is 0.247 e. The van der Waals surface area contributed by atoms with Gasteiger partial charge >= 0.3 is 0 Å². The molecular formula is C22H29Cl2N3O3. The number of aliphatic hydroxyl groups excluding tert-OH is 1. The van der Waals surface area contributed by atoms with E-state index in [-0.39, 0.29) is 18.4 Å². The first kappa shape index (κ1) is 23.1. The van der Waals surface area contributed by atoms with Gasteiger partial charge in [0.05, 0.1) is 16.7 Å². The summed E-state index contributed by atoms with van der Waals surface area (Å²) in [5, 5.41) is 10.6. The summed E-state index contributed by atoms with van der Waals surface area (Å²) in [6.07, 6.45) is 7.76. The number of carbonyl (C=O) groups is 2. The molecule has 3 rings (SSSR count). The molecule has 0 aromatic heterocycles. The van der Waals surface area contributed by atoms with Crippen molar-refractivity contribution in [2.45, 2.75) is 31.7 Å². The molecule has 6 nitrogen and oxygen atoms in total. The number of piperazine rings is 1. The van der Waals surface area contributed by atoms with Crippen LogP contribution in [0.4, 0.5) is 0 Å². The number of benzene rings is 1. The Bertz CT molecular complexity index is 781. The van der Waals surface area contributed by atoms with Crippen LogP contribution in [-0.4, -0.2) is 83.5 Å². The molecule has 0 aliphatic carbocycles. The lowest BCUT2D eigenvalue weighted by atomic mass is 10.1. The van der Waals surface area contributed by atoms with E-state index in [9.17, 15) is 14.7 Å². The summed E-state index contributed by atoms with van der Waals surface area (Å²) in [4.78, 5) is 31.1. The second-order valence-corrected chi connectivity index (χ2v) is 8.63. The van der Waals surface area contributed by atoms with Crippen molar-refractivity contribution in [2.24, 2.45) is 0 Å². The van der Waals surface area contributed by atoms with Crippen LogP contribution in [0.15, 0.2) is 24.3 Å². The van der Waals surface area contributed by atoms with Gasteiger partial charge in [-0.25, -0.2) is 0 Å². The van der Waals surface area contributed by atoms with E-state index in [2.05, 4.69) is 4.90 Å². The minimum atomic E-state index is -0.834. The van der Waals surface area contributed by atoms with Crippen LogP contribution >= 0.6 is 23.2 Å². The number of hydrogen-bond acceptors (Lipinski definition) is 4. The van der Waals surface area contributed by atoms with Crippen molar-refractivity contribution in [2.75, 3.05) is 45.9 Å². The minimum absolute atomic E-state index is 0.182. The molecule has 2 saturated heterocycles. The molecular weight excluding hydrogens is 425 g/mol. The molecule has 1 aromatic rings. The largest absolute Gasteiger partial charge is 0.394 e. The van der Waals surface area contributed by atoms with Crippen LogP contribution in [0.3, 0.4) is 0 Å². The standard InChI is InChI=1S/C22H29Cl2N3O3/c23-18-7-5-17(15-19(18)24)6-8-21(29)27-14-13-26(22(30)20(27)16-28)12-4-11-25-9-2-1-3-10-25/h5-8,15,20,28H,1-4,9-14,16H2/t20-/m1/s1. The van der Waals surface area contributed by atoms with Crippen molar-refractivity contribution >= 4 is 41.1 Å². The summed E-state index contributed by atoms with van der Waals surface area (Å²) in [5.41, 5.74) is 0.737. The Morgan fingerprint density at radius 3 is 2.53 bits per heavy atom. The topological polar surface area (TPSA) is 64.1 Å². The molecule has 0 unspecified atom stereocenters. The van der Waals surface area contributed by atoms with Crippen LogP contribution in [0.25, 0.3) is 6.08 Å². The van der Waals surface area contributed by atoms with Crippen molar-refractivity contribution in [1.29, 1.82) is 0 Å². The predicted octanol–water partition coefficient (Wildman–Crippen LogP) is 2.91. The van der Waals surface area contributed by atoms with Gasteiger partial charge in [-0.2, -0.15) is 0 Å². The molecule has 0 saturated carbocycles. The Morgan fingerprint density at radius 1 is 1.07 bits per heavy atom. The first-order chi connectivity index (χ1) is 14.5. The van der Waals surface area contributed by atoms with Crippen LogP contribution in [0.5, 0.6) is 0 Å². The number of halogens is 2. The summed E-state index contributed by atoms with van der Waals surface area (Å²) >= 11 is 11.9. The molecule has 2 aliphatic rings. The van der Waals surface area contributed by atoms with Gasteiger partial charge in [0.2, 0.25) is 11.8 Å². The molecule has 2 heterocycles. The van der Waals surface area contributed by atoms with E-state index in [1.165, 1.54) is 30.2 Å². The summed E-state index contributed by atoms with van der Waals surface area (Å²) in [5.74, 6) is -0.486. The fourth-order valence-corrected chi connectivity index (χ4v) is 4.35. The quantitative estimate of drug-likeness (QED) is 0.644. The molecule has 164 valence electrons. The highest BCUT2D eigenvalue weighted by molar-refractivity contribution is 6.42. The first-order valence-electron chi connectivity index (χ1n) is 10.6. The van der Waals surface area contributed by atoms with Crippen LogP contribution in [0.2, 0.25) is 10.0 Å². The van der Waals surface area contributed by atoms with Gasteiger partial charge in [-0.05, 0) is 62.7 Å². The summed E-state index contributed by atoms with van der Waals surface area (Å²) in [6, 6.07) is 4.26. The van der Waals surface area contributed by atoms with Gasteiger partial charge in [-0.3, -0.25) is 9.59 Å². The van der Waals surface area contributed by atoms with Crippen molar-refractivity contribution in [3.8, 4) is 0 Å². The Morgan fingerprint density at radius 2 is 1.83 bits per heavy atom. The van der Waals surface area contributed by atoms with Crippen LogP contribution in [0.1, 0.15) is 31.2 Å². The van der Waals surface area contributed by atoms with Crippen LogP contribution in [0, 0.1) is 0 Å². The number of amides is 2. The van der Waals surface area contributed by atoms with Gasteiger partial charge in [-0.15, -0.1) is 0 Å². The number of aliphatic hydroxyl groups is 1. The number of piperidine rings is 1. The van der Waals surface area contributed by atoms with Gasteiger partial charge < -0.3 is 19.8 Å². The molecule has 30 heavy (non-hydrogen) atoms. The molecule has 1 N–H and O–H groups in total. The van der Waals surface area contributed by atoms with E-state index in [0.29, 0.717) is 29.7 Å². The molecule has 2 aliphatic heterocycles. The Labute approximate surface area is 188 Å². The maximum Gasteiger partial charge on any atom is 0.247 e. The number of hydrogen-bond donors (Lipinski definition) is 1. The van der Waals surface area contributed by atoms with E-state index in [1.54, 1.807) is 29.2 Å². The summed E-state index contributed by atoms with van der Waals surface area (Å²) in [6.45, 7) is 4.44. The highest BCUT2D eigenvalue weighted by Gasteiger charge is 2.36. The van der Waals surface area contributed by atoms with Crippen molar-refractivity contribution in [3.05, 3.63) is 39.9 Å². The third-order valence-corrected chi connectivity index (χ3v) is 6.49.